The molecule has 0 aromatic rings. The van der Waals surface area contributed by atoms with Crippen molar-refractivity contribution in [2.24, 2.45) is 34.5 Å². The molecule has 0 spiro atoms. The second-order valence-electron chi connectivity index (χ2n) is 16.3. The highest BCUT2D eigenvalue weighted by atomic mass is 16.2. The van der Waals surface area contributed by atoms with Crippen LogP contribution in [0.4, 0.5) is 9.59 Å². The summed E-state index contributed by atoms with van der Waals surface area (Å²) in [5, 5.41) is 11.3. The fraction of sp³-hybridized carbons (Fsp3) is 0.771. The highest BCUT2D eigenvalue weighted by molar-refractivity contribution is 6.38. The SMILES string of the molecule is C=CCNC(=O)C(=O)C(CC1CC1)NC(=O)[C@@H]1[C@@H]2[C@H](CN1C(=O)[C@@H](NC(=O)N[C@H](CN1CCCN(C)C1=O)C(C)C)C(C)(C)C)C2(C)C. The maximum atomic E-state index is 14.4. The Hall–Kier alpha value is -3.64. The second kappa shape index (κ2) is 14.5. The van der Waals surface area contributed by atoms with Crippen LogP contribution in [0.15, 0.2) is 12.7 Å². The van der Waals surface area contributed by atoms with Gasteiger partial charge in [-0.2, -0.15) is 0 Å². The third-order valence-electron chi connectivity index (χ3n) is 10.7. The monoisotopic (exact) mass is 671 g/mol. The Bertz CT molecular complexity index is 1290. The van der Waals surface area contributed by atoms with Crippen LogP contribution in [-0.2, 0) is 19.2 Å². The van der Waals surface area contributed by atoms with Gasteiger partial charge < -0.3 is 36.0 Å². The molecule has 4 N–H and O–H groups in total. The lowest BCUT2D eigenvalue weighted by Crippen LogP contribution is -2.62. The van der Waals surface area contributed by atoms with Gasteiger partial charge in [-0.3, -0.25) is 19.2 Å². The first-order chi connectivity index (χ1) is 22.4. The Morgan fingerprint density at radius 3 is 2.29 bits per heavy atom. The van der Waals surface area contributed by atoms with Crippen LogP contribution in [-0.4, -0.2) is 114 Å². The molecule has 1 unspecified atom stereocenters. The van der Waals surface area contributed by atoms with Crippen molar-refractivity contribution < 1.29 is 28.8 Å². The van der Waals surface area contributed by atoms with Crippen LogP contribution in [0.1, 0.15) is 74.1 Å². The average Bonchev–Trinajstić information content (AvgIpc) is 3.86. The van der Waals surface area contributed by atoms with Gasteiger partial charge in [0.15, 0.2) is 0 Å². The van der Waals surface area contributed by atoms with Gasteiger partial charge in [-0.25, -0.2) is 9.59 Å². The van der Waals surface area contributed by atoms with Gasteiger partial charge >= 0.3 is 12.1 Å². The molecule has 2 heterocycles. The van der Waals surface area contributed by atoms with Crippen LogP contribution in [0.5, 0.6) is 0 Å². The van der Waals surface area contributed by atoms with Gasteiger partial charge in [-0.1, -0.05) is 67.4 Å². The van der Waals surface area contributed by atoms with Crippen LogP contribution < -0.4 is 21.3 Å². The summed E-state index contributed by atoms with van der Waals surface area (Å²) in [6, 6.07) is -3.74. The van der Waals surface area contributed by atoms with Crippen LogP contribution >= 0.6 is 0 Å². The summed E-state index contributed by atoms with van der Waals surface area (Å²) in [7, 11) is 1.77. The molecule has 2 aliphatic heterocycles. The van der Waals surface area contributed by atoms with E-state index >= 15 is 0 Å². The zero-order valence-corrected chi connectivity index (χ0v) is 30.1. The Balaban J connectivity index is 1.49. The van der Waals surface area contributed by atoms with Gasteiger partial charge in [0.2, 0.25) is 17.6 Å². The van der Waals surface area contributed by atoms with Gasteiger partial charge in [0.25, 0.3) is 5.91 Å². The smallest absolute Gasteiger partial charge is 0.319 e. The van der Waals surface area contributed by atoms with Crippen LogP contribution in [0.2, 0.25) is 0 Å². The maximum Gasteiger partial charge on any atom is 0.319 e. The number of carbonyl (C=O) groups excluding carboxylic acids is 6. The van der Waals surface area contributed by atoms with Gasteiger partial charge in [0, 0.05) is 39.8 Å². The molecule has 0 aromatic carbocycles. The van der Waals surface area contributed by atoms with E-state index < -0.39 is 47.2 Å². The zero-order valence-electron chi connectivity index (χ0n) is 30.1. The van der Waals surface area contributed by atoms with Crippen molar-refractivity contribution in [1.82, 2.24) is 36.0 Å². The summed E-state index contributed by atoms with van der Waals surface area (Å²) >= 11 is 0. The first kappa shape index (κ1) is 37.2. The molecule has 6 atom stereocenters. The number of carbonyl (C=O) groups is 6. The van der Waals surface area contributed by atoms with E-state index in [0.717, 1.165) is 19.3 Å². The van der Waals surface area contributed by atoms with Crippen molar-refractivity contribution in [1.29, 1.82) is 0 Å². The number of urea groups is 2. The summed E-state index contributed by atoms with van der Waals surface area (Å²) in [5.74, 6) is -2.06. The van der Waals surface area contributed by atoms with Crippen LogP contribution in [0.3, 0.4) is 0 Å². The zero-order chi connectivity index (χ0) is 35.7. The highest BCUT2D eigenvalue weighted by Gasteiger charge is 2.70. The van der Waals surface area contributed by atoms with E-state index in [9.17, 15) is 28.8 Å². The number of Topliss-reactive ketones (excluding diaryl/α,β-unsaturated/α-hetero) is 1. The van der Waals surface area contributed by atoms with Crippen molar-refractivity contribution >= 4 is 35.6 Å². The highest BCUT2D eigenvalue weighted by Crippen LogP contribution is 2.65. The number of fused-ring (bicyclic) bond motifs is 1. The van der Waals surface area contributed by atoms with Gasteiger partial charge in [0.05, 0.1) is 12.1 Å². The quantitative estimate of drug-likeness (QED) is 0.164. The fourth-order valence-electron chi connectivity index (χ4n) is 7.32. The molecular weight excluding hydrogens is 614 g/mol. The molecule has 4 aliphatic rings. The van der Waals surface area contributed by atoms with E-state index in [1.165, 1.54) is 6.08 Å². The minimum absolute atomic E-state index is 0.0192. The molecular formula is C35H57N7O6. The number of rotatable bonds is 14. The first-order valence-electron chi connectivity index (χ1n) is 17.5. The molecule has 13 nitrogen and oxygen atoms in total. The number of nitrogens with one attached hydrogen (secondary N) is 4. The summed E-state index contributed by atoms with van der Waals surface area (Å²) in [5.41, 5.74) is -0.882. The lowest BCUT2D eigenvalue weighted by Gasteiger charge is -2.39. The molecule has 268 valence electrons. The van der Waals surface area contributed by atoms with Gasteiger partial charge in [-0.05, 0) is 47.3 Å². The minimum Gasteiger partial charge on any atom is -0.346 e. The lowest BCUT2D eigenvalue weighted by molar-refractivity contribution is -0.145. The van der Waals surface area contributed by atoms with Crippen molar-refractivity contribution in [3.63, 3.8) is 0 Å². The minimum atomic E-state index is -0.991. The van der Waals surface area contributed by atoms with Crippen molar-refractivity contribution in [3.05, 3.63) is 12.7 Å². The summed E-state index contributed by atoms with van der Waals surface area (Å²) in [6.07, 6.45) is 4.57. The maximum absolute atomic E-state index is 14.4. The molecule has 0 aromatic heterocycles. The molecule has 7 amide bonds. The molecule has 0 radical (unpaired) electrons. The summed E-state index contributed by atoms with van der Waals surface area (Å²) in [4.78, 5) is 85.3. The second-order valence-corrected chi connectivity index (χ2v) is 16.3. The van der Waals surface area contributed by atoms with E-state index in [2.05, 4.69) is 41.7 Å². The van der Waals surface area contributed by atoms with E-state index in [4.69, 9.17) is 0 Å². The molecule has 13 heteroatoms. The standard InChI is InChI=1S/C35H57N7O6/c1-10-14-36-30(45)27(43)23(17-21-12-13-21)37-29(44)26-25-22(35(25,7)8)18-42(26)31(46)28(34(4,5)6)39-32(47)38-24(20(2)3)19-41-16-11-15-40(9)33(41)48/h10,20-26,28H,1,11-19H2,2-9H3,(H,36,45)(H,37,44)(H2,38,39,47)/t22-,23?,24+,25-,26-,28+/m0/s1. The topological polar surface area (TPSA) is 160 Å². The van der Waals surface area contributed by atoms with Crippen molar-refractivity contribution in [2.75, 3.05) is 39.8 Å². The van der Waals surface area contributed by atoms with E-state index in [0.29, 0.717) is 32.6 Å². The van der Waals surface area contributed by atoms with Crippen molar-refractivity contribution in [2.45, 2.75) is 98.3 Å². The van der Waals surface area contributed by atoms with E-state index in [1.807, 2.05) is 34.6 Å². The number of hydrogen-bond donors (Lipinski definition) is 4. The number of piperidine rings is 1. The Morgan fingerprint density at radius 1 is 1.04 bits per heavy atom. The molecule has 0 bridgehead atoms. The summed E-state index contributed by atoms with van der Waals surface area (Å²) in [6.45, 7) is 19.4. The number of ketones is 1. The molecule has 2 aliphatic carbocycles. The predicted molar refractivity (Wildman–Crippen MR) is 181 cm³/mol. The predicted octanol–water partition coefficient (Wildman–Crippen LogP) is 2.12. The Kier molecular flexibility index (Phi) is 11.2. The first-order valence-corrected chi connectivity index (χ1v) is 17.5. The number of likely N-dealkylation sites (tertiary alicyclic amines) is 1. The third-order valence-corrected chi connectivity index (χ3v) is 10.7. The summed E-state index contributed by atoms with van der Waals surface area (Å²) < 4.78 is 0. The number of nitrogens with zero attached hydrogens (tertiary/aromatic N) is 3. The molecule has 2 saturated carbocycles. The van der Waals surface area contributed by atoms with Gasteiger partial charge in [0.1, 0.15) is 12.1 Å². The average molecular weight is 672 g/mol. The number of hydrogen-bond acceptors (Lipinski definition) is 6. The number of amides is 7. The Labute approximate surface area is 285 Å². The Morgan fingerprint density at radius 2 is 1.71 bits per heavy atom. The third kappa shape index (κ3) is 8.31. The fourth-order valence-corrected chi connectivity index (χ4v) is 7.32. The van der Waals surface area contributed by atoms with Crippen molar-refractivity contribution in [3.8, 4) is 0 Å². The largest absolute Gasteiger partial charge is 0.346 e. The van der Waals surface area contributed by atoms with Gasteiger partial charge in [-0.15, -0.1) is 6.58 Å². The lowest BCUT2D eigenvalue weighted by atomic mass is 9.85. The molecule has 4 fully saturated rings. The normalized spacial score (nSPS) is 25.1. The van der Waals surface area contributed by atoms with Crippen LogP contribution in [0, 0.1) is 34.5 Å². The van der Waals surface area contributed by atoms with E-state index in [-0.39, 0.29) is 53.6 Å². The van der Waals surface area contributed by atoms with E-state index in [1.54, 1.807) is 21.7 Å². The molecule has 48 heavy (non-hydrogen) atoms. The molecule has 4 rings (SSSR count). The van der Waals surface area contributed by atoms with Crippen LogP contribution in [0.25, 0.3) is 0 Å². The molecule has 2 saturated heterocycles.